The van der Waals surface area contributed by atoms with Gasteiger partial charge in [-0.1, -0.05) is 12.1 Å². The van der Waals surface area contributed by atoms with Crippen molar-refractivity contribution in [3.05, 3.63) is 46.5 Å². The van der Waals surface area contributed by atoms with Gasteiger partial charge in [-0.2, -0.15) is 13.6 Å². The van der Waals surface area contributed by atoms with E-state index in [1.807, 2.05) is 0 Å². The number of fused-ring (bicyclic) bond motifs is 1. The summed E-state index contributed by atoms with van der Waals surface area (Å²) in [5.41, 5.74) is 10.8. The summed E-state index contributed by atoms with van der Waals surface area (Å²) in [7, 11) is -16.9. The minimum absolute atomic E-state index is 0.00262. The number of aromatic amines is 1. The summed E-state index contributed by atoms with van der Waals surface area (Å²) >= 11 is 0. The molecule has 0 saturated carbocycles. The lowest BCUT2D eigenvalue weighted by molar-refractivity contribution is -0.0489. The average molecular weight is 626 g/mol. The smallest absolute Gasteiger partial charge is 0.456 e. The van der Waals surface area contributed by atoms with Crippen molar-refractivity contribution < 1.29 is 60.7 Å². The van der Waals surface area contributed by atoms with Crippen LogP contribution in [-0.2, 0) is 36.3 Å². The maximum absolute atomic E-state index is 12.8. The lowest BCUT2D eigenvalue weighted by Gasteiger charge is -2.21. The predicted octanol–water partition coefficient (Wildman–Crippen LogP) is 0.140. The predicted molar refractivity (Wildman–Crippen MR) is 131 cm³/mol. The molecule has 0 bridgehead atoms. The number of phosphoric acid groups is 3. The number of phosphoric ester groups is 1. The van der Waals surface area contributed by atoms with Crippen molar-refractivity contribution in [2.45, 2.75) is 24.9 Å². The van der Waals surface area contributed by atoms with Crippen LogP contribution in [0.3, 0.4) is 0 Å². The molecule has 9 N–H and O–H groups in total. The van der Waals surface area contributed by atoms with Gasteiger partial charge in [0, 0.05) is 12.1 Å². The first-order valence-electron chi connectivity index (χ1n) is 10.8. The molecule has 0 amide bonds. The number of carbonyl (C=O) groups excluding carboxylic acids is 1. The van der Waals surface area contributed by atoms with Gasteiger partial charge in [0.2, 0.25) is 5.95 Å². The van der Waals surface area contributed by atoms with Gasteiger partial charge in [-0.05, 0) is 12.1 Å². The lowest BCUT2D eigenvalue weighted by Crippen LogP contribution is -2.31. The third-order valence-electron chi connectivity index (χ3n) is 5.20. The standard InChI is InChI=1S/C17H21N6O14P3/c18-9-4-2-1-3-8(9)16(25)35-10-5-12(23-7-20-13-14(23)21-17(19)22-15(13)24)34-11(10)6-33-39(29,30)37-40(31,32)36-38(26,27)28/h1-4,7,10-12H,5-6,18H2,(H,29,30)(H,31,32)(H2,26,27,28)(H3,19,21,22,24). The number of hydrogen-bond acceptors (Lipinski definition) is 14. The molecule has 3 aromatic rings. The number of H-pyrrole nitrogens is 1. The summed E-state index contributed by atoms with van der Waals surface area (Å²) in [6.07, 6.45) is -2.60. The number of carbonyl (C=O) groups is 1. The number of hydrogen-bond donors (Lipinski definition) is 7. The minimum Gasteiger partial charge on any atom is -0.456 e. The molecule has 4 rings (SSSR count). The monoisotopic (exact) mass is 626 g/mol. The number of benzene rings is 1. The van der Waals surface area contributed by atoms with E-state index in [-0.39, 0.29) is 34.8 Å². The van der Waals surface area contributed by atoms with Crippen molar-refractivity contribution in [2.75, 3.05) is 18.1 Å². The van der Waals surface area contributed by atoms with E-state index in [0.29, 0.717) is 0 Å². The number of nitrogen functional groups attached to an aromatic ring is 2. The van der Waals surface area contributed by atoms with Gasteiger partial charge in [-0.25, -0.2) is 23.5 Å². The van der Waals surface area contributed by atoms with Crippen molar-refractivity contribution >= 4 is 52.2 Å². The van der Waals surface area contributed by atoms with Crippen molar-refractivity contribution in [2.24, 2.45) is 0 Å². The molecule has 218 valence electrons. The third-order valence-corrected chi connectivity index (χ3v) is 9.00. The van der Waals surface area contributed by atoms with Crippen LogP contribution in [0.1, 0.15) is 23.0 Å². The Hall–Kier alpha value is -2.99. The Bertz CT molecular complexity index is 1640. The minimum atomic E-state index is -5.78. The van der Waals surface area contributed by atoms with E-state index in [1.54, 1.807) is 6.07 Å². The summed E-state index contributed by atoms with van der Waals surface area (Å²) < 4.78 is 59.3. The van der Waals surface area contributed by atoms with Crippen molar-refractivity contribution in [3.63, 3.8) is 0 Å². The van der Waals surface area contributed by atoms with E-state index in [9.17, 15) is 33.1 Å². The second kappa shape index (κ2) is 11.1. The quantitative estimate of drug-likeness (QED) is 0.0893. The molecule has 20 nitrogen and oxygen atoms in total. The van der Waals surface area contributed by atoms with E-state index in [1.165, 1.54) is 29.1 Å². The molecule has 1 aliphatic rings. The highest BCUT2D eigenvalue weighted by Crippen LogP contribution is 2.66. The number of imidazole rings is 1. The van der Waals surface area contributed by atoms with Gasteiger partial charge in [0.15, 0.2) is 11.2 Å². The molecule has 1 fully saturated rings. The zero-order chi connectivity index (χ0) is 29.5. The largest absolute Gasteiger partial charge is 0.490 e. The van der Waals surface area contributed by atoms with E-state index in [2.05, 4.69) is 28.1 Å². The summed E-state index contributed by atoms with van der Waals surface area (Å²) in [5.74, 6) is -1.13. The maximum Gasteiger partial charge on any atom is 0.490 e. The van der Waals surface area contributed by atoms with Gasteiger partial charge in [-0.15, -0.1) is 0 Å². The molecule has 3 heterocycles. The highest BCUT2D eigenvalue weighted by molar-refractivity contribution is 7.66. The van der Waals surface area contributed by atoms with Gasteiger partial charge in [0.1, 0.15) is 18.4 Å². The van der Waals surface area contributed by atoms with E-state index >= 15 is 0 Å². The van der Waals surface area contributed by atoms with Crippen LogP contribution in [0.5, 0.6) is 0 Å². The molecule has 40 heavy (non-hydrogen) atoms. The van der Waals surface area contributed by atoms with Crippen LogP contribution in [-0.4, -0.2) is 63.9 Å². The Morgan fingerprint density at radius 1 is 1.12 bits per heavy atom. The molecule has 5 unspecified atom stereocenters. The molecule has 23 heteroatoms. The highest BCUT2D eigenvalue weighted by atomic mass is 31.3. The summed E-state index contributed by atoms with van der Waals surface area (Å²) in [6, 6.07) is 5.94. The number of nitrogens with one attached hydrogen (secondary N) is 1. The summed E-state index contributed by atoms with van der Waals surface area (Å²) in [6.45, 7) is -0.925. The van der Waals surface area contributed by atoms with Crippen LogP contribution in [0.25, 0.3) is 11.2 Å². The van der Waals surface area contributed by atoms with Crippen molar-refractivity contribution in [3.8, 4) is 0 Å². The second-order valence-corrected chi connectivity index (χ2v) is 12.5. The van der Waals surface area contributed by atoms with Gasteiger partial charge < -0.3 is 40.5 Å². The van der Waals surface area contributed by atoms with Crippen LogP contribution >= 0.6 is 23.5 Å². The highest BCUT2D eigenvalue weighted by Gasteiger charge is 2.44. The number of rotatable bonds is 10. The molecule has 1 aromatic carbocycles. The molecular weight excluding hydrogens is 605 g/mol. The molecule has 2 aromatic heterocycles. The van der Waals surface area contributed by atoms with Crippen molar-refractivity contribution in [1.29, 1.82) is 0 Å². The Labute approximate surface area is 222 Å². The second-order valence-electron chi connectivity index (χ2n) is 8.06. The molecule has 1 aliphatic heterocycles. The molecule has 0 aliphatic carbocycles. The molecular formula is C17H21N6O14P3. The first-order valence-corrected chi connectivity index (χ1v) is 15.3. The number of anilines is 2. The first-order chi connectivity index (χ1) is 18.5. The molecule has 1 saturated heterocycles. The van der Waals surface area contributed by atoms with Crippen LogP contribution in [0.2, 0.25) is 0 Å². The fourth-order valence-electron chi connectivity index (χ4n) is 3.65. The number of nitrogens with zero attached hydrogens (tertiary/aromatic N) is 3. The lowest BCUT2D eigenvalue weighted by atomic mass is 10.1. The number of ether oxygens (including phenoxy) is 2. The summed E-state index contributed by atoms with van der Waals surface area (Å²) in [5, 5.41) is 0. The average Bonchev–Trinajstić information content (AvgIpc) is 3.39. The Morgan fingerprint density at radius 2 is 1.82 bits per heavy atom. The van der Waals surface area contributed by atoms with Crippen LogP contribution in [0, 0.1) is 0 Å². The zero-order valence-electron chi connectivity index (χ0n) is 19.7. The fourth-order valence-corrected chi connectivity index (χ4v) is 6.68. The Morgan fingerprint density at radius 3 is 2.50 bits per heavy atom. The zero-order valence-corrected chi connectivity index (χ0v) is 22.4. The number of aromatic nitrogens is 4. The van der Waals surface area contributed by atoms with Gasteiger partial charge in [0.25, 0.3) is 5.56 Å². The van der Waals surface area contributed by atoms with E-state index in [0.717, 1.165) is 0 Å². The van der Waals surface area contributed by atoms with E-state index in [4.69, 9.17) is 30.7 Å². The normalized spacial score (nSPS) is 22.6. The number of nitrogens with two attached hydrogens (primary N) is 2. The fraction of sp³-hybridized carbons (Fsp3) is 0.294. The Balaban J connectivity index is 1.57. The Kier molecular flexibility index (Phi) is 8.33. The van der Waals surface area contributed by atoms with Gasteiger partial charge in [0.05, 0.1) is 18.5 Å². The third kappa shape index (κ3) is 7.20. The van der Waals surface area contributed by atoms with Crippen molar-refractivity contribution in [1.82, 2.24) is 19.5 Å². The van der Waals surface area contributed by atoms with Crippen LogP contribution < -0.4 is 17.0 Å². The molecule has 0 radical (unpaired) electrons. The topological polar surface area (TPSA) is 311 Å². The maximum atomic E-state index is 12.8. The van der Waals surface area contributed by atoms with E-state index < -0.39 is 60.0 Å². The van der Waals surface area contributed by atoms with Gasteiger partial charge in [-0.3, -0.25) is 18.9 Å². The number of para-hydroxylation sites is 1. The SMILES string of the molecule is Nc1nc2c(ncn2C2CC(OC(=O)c3ccccc3N)C(COP(=O)(O)OP(=O)(O)OP(=O)(O)O)O2)c(=O)[nH]1. The van der Waals surface area contributed by atoms with Gasteiger partial charge >= 0.3 is 29.4 Å². The van der Waals surface area contributed by atoms with Crippen LogP contribution in [0.4, 0.5) is 11.6 Å². The first kappa shape index (κ1) is 30.0. The summed E-state index contributed by atoms with van der Waals surface area (Å²) in [4.78, 5) is 71.7. The number of esters is 1. The molecule has 0 spiro atoms. The molecule has 5 atom stereocenters. The van der Waals surface area contributed by atoms with Crippen LogP contribution in [0.15, 0.2) is 35.4 Å².